The first-order chi connectivity index (χ1) is 13.6. The molecule has 1 atom stereocenters. The molecule has 0 aromatic heterocycles. The third-order valence-corrected chi connectivity index (χ3v) is 4.21. The molecule has 1 saturated heterocycles. The van der Waals surface area contributed by atoms with Crippen molar-refractivity contribution in [2.75, 3.05) is 19.6 Å². The minimum absolute atomic E-state index is 0.0470. The van der Waals surface area contributed by atoms with Crippen LogP contribution in [0.15, 0.2) is 30.3 Å². The summed E-state index contributed by atoms with van der Waals surface area (Å²) in [7, 11) is 0. The second-order valence-corrected chi connectivity index (χ2v) is 8.34. The Morgan fingerprint density at radius 1 is 1.10 bits per heavy atom. The van der Waals surface area contributed by atoms with Crippen LogP contribution >= 0.6 is 0 Å². The topological polar surface area (TPSA) is 88.2 Å². The minimum Gasteiger partial charge on any atom is -0.445 e. The number of hydrogen-bond donors (Lipinski definition) is 1. The number of piperazine rings is 1. The number of ether oxygens (including phenoxy) is 2. The molecule has 0 spiro atoms. The van der Waals surface area contributed by atoms with E-state index in [9.17, 15) is 14.4 Å². The number of carbonyl (C=O) groups excluding carboxylic acids is 3. The number of rotatable bonds is 4. The third-order valence-electron chi connectivity index (χ3n) is 4.21. The van der Waals surface area contributed by atoms with Crippen molar-refractivity contribution in [3.05, 3.63) is 35.9 Å². The highest BCUT2D eigenvalue weighted by molar-refractivity contribution is 5.87. The second-order valence-electron chi connectivity index (χ2n) is 8.34. The molecule has 1 aliphatic heterocycles. The molecule has 1 aromatic rings. The van der Waals surface area contributed by atoms with Crippen LogP contribution < -0.4 is 5.32 Å². The number of benzene rings is 1. The van der Waals surface area contributed by atoms with Crippen molar-refractivity contribution in [1.82, 2.24) is 15.1 Å². The lowest BCUT2D eigenvalue weighted by Crippen LogP contribution is -2.62. The van der Waals surface area contributed by atoms with E-state index in [2.05, 4.69) is 5.32 Å². The number of carbonyl (C=O) groups is 3. The number of nitrogens with one attached hydrogen (secondary N) is 1. The van der Waals surface area contributed by atoms with Gasteiger partial charge in [0.15, 0.2) is 0 Å². The van der Waals surface area contributed by atoms with Crippen LogP contribution in [0.5, 0.6) is 0 Å². The van der Waals surface area contributed by atoms with E-state index >= 15 is 0 Å². The van der Waals surface area contributed by atoms with Crippen molar-refractivity contribution in [3.63, 3.8) is 0 Å². The van der Waals surface area contributed by atoms with Crippen LogP contribution in [-0.4, -0.2) is 65.2 Å². The summed E-state index contributed by atoms with van der Waals surface area (Å²) in [4.78, 5) is 40.6. The molecule has 29 heavy (non-hydrogen) atoms. The summed E-state index contributed by atoms with van der Waals surface area (Å²) in [6, 6.07) is 8.43. The van der Waals surface area contributed by atoms with Gasteiger partial charge in [-0.05, 0) is 40.2 Å². The van der Waals surface area contributed by atoms with Crippen LogP contribution in [0.4, 0.5) is 9.59 Å². The van der Waals surface area contributed by atoms with E-state index in [4.69, 9.17) is 9.47 Å². The largest absolute Gasteiger partial charge is 0.445 e. The lowest BCUT2D eigenvalue weighted by molar-refractivity contribution is -0.129. The Bertz CT molecular complexity index is 715. The summed E-state index contributed by atoms with van der Waals surface area (Å²) in [6.45, 7) is 9.63. The van der Waals surface area contributed by atoms with Gasteiger partial charge < -0.3 is 19.7 Å². The van der Waals surface area contributed by atoms with Gasteiger partial charge in [-0.1, -0.05) is 30.3 Å². The summed E-state index contributed by atoms with van der Waals surface area (Å²) in [5.41, 5.74) is 0.199. The average molecular weight is 405 g/mol. The number of nitrogens with zero attached hydrogens (tertiary/aromatic N) is 2. The Morgan fingerprint density at radius 3 is 2.34 bits per heavy atom. The van der Waals surface area contributed by atoms with Gasteiger partial charge in [-0.25, -0.2) is 9.59 Å². The van der Waals surface area contributed by atoms with Gasteiger partial charge in [0.2, 0.25) is 5.91 Å². The van der Waals surface area contributed by atoms with Gasteiger partial charge in [0.1, 0.15) is 18.2 Å². The third kappa shape index (κ3) is 6.96. The molecule has 1 fully saturated rings. The maximum absolute atomic E-state index is 12.7. The Kier molecular flexibility index (Phi) is 7.47. The van der Waals surface area contributed by atoms with Crippen molar-refractivity contribution in [2.45, 2.75) is 58.9 Å². The predicted octanol–water partition coefficient (Wildman–Crippen LogP) is 2.77. The second kappa shape index (κ2) is 9.62. The number of hydrogen-bond acceptors (Lipinski definition) is 5. The molecule has 160 valence electrons. The monoisotopic (exact) mass is 405 g/mol. The summed E-state index contributed by atoms with van der Waals surface area (Å²) >= 11 is 0. The van der Waals surface area contributed by atoms with Gasteiger partial charge in [-0.15, -0.1) is 0 Å². The summed E-state index contributed by atoms with van der Waals surface area (Å²) in [5.74, 6) is -0.327. The smallest absolute Gasteiger partial charge is 0.411 e. The Morgan fingerprint density at radius 2 is 1.76 bits per heavy atom. The fraction of sp³-hybridized carbons (Fsp3) is 0.571. The fourth-order valence-electron chi connectivity index (χ4n) is 2.90. The maximum atomic E-state index is 12.7. The van der Waals surface area contributed by atoms with Crippen LogP contribution in [0.2, 0.25) is 0 Å². The quantitative estimate of drug-likeness (QED) is 0.832. The molecular weight excluding hydrogens is 374 g/mol. The number of amides is 3. The molecule has 0 saturated carbocycles. The van der Waals surface area contributed by atoms with Gasteiger partial charge in [-0.2, -0.15) is 0 Å². The molecular formula is C21H31N3O5. The van der Waals surface area contributed by atoms with Crippen LogP contribution in [0.1, 0.15) is 40.2 Å². The van der Waals surface area contributed by atoms with Gasteiger partial charge in [0, 0.05) is 19.1 Å². The molecule has 0 bridgehead atoms. The predicted molar refractivity (Wildman–Crippen MR) is 108 cm³/mol. The van der Waals surface area contributed by atoms with E-state index in [1.165, 1.54) is 9.80 Å². The molecule has 2 rings (SSSR count). The summed E-state index contributed by atoms with van der Waals surface area (Å²) in [6.07, 6.45) is -1.08. The molecule has 1 unspecified atom stereocenters. The van der Waals surface area contributed by atoms with Crippen molar-refractivity contribution in [3.8, 4) is 0 Å². The SMILES string of the molecule is CC(C)NC(=O)C1CN(C(=O)OCc2ccccc2)CCN1C(=O)OC(C)(C)C. The highest BCUT2D eigenvalue weighted by Crippen LogP contribution is 2.17. The van der Waals surface area contributed by atoms with E-state index in [1.807, 2.05) is 44.2 Å². The molecule has 1 N–H and O–H groups in total. The normalized spacial score (nSPS) is 17.1. The molecule has 1 aromatic carbocycles. The molecule has 8 heteroatoms. The Hall–Kier alpha value is -2.77. The van der Waals surface area contributed by atoms with Crippen LogP contribution in [-0.2, 0) is 20.9 Å². The zero-order valence-electron chi connectivity index (χ0n) is 17.8. The van der Waals surface area contributed by atoms with E-state index in [1.54, 1.807) is 20.8 Å². The van der Waals surface area contributed by atoms with Crippen molar-refractivity contribution < 1.29 is 23.9 Å². The molecule has 3 amide bonds. The average Bonchev–Trinajstić information content (AvgIpc) is 2.64. The lowest BCUT2D eigenvalue weighted by atomic mass is 10.1. The molecule has 1 aliphatic rings. The van der Waals surface area contributed by atoms with Crippen molar-refractivity contribution >= 4 is 18.1 Å². The first-order valence-electron chi connectivity index (χ1n) is 9.82. The van der Waals surface area contributed by atoms with Crippen LogP contribution in [0.25, 0.3) is 0 Å². The van der Waals surface area contributed by atoms with E-state index in [-0.39, 0.29) is 38.2 Å². The molecule has 1 heterocycles. The highest BCUT2D eigenvalue weighted by atomic mass is 16.6. The summed E-state index contributed by atoms with van der Waals surface area (Å²) < 4.78 is 10.8. The van der Waals surface area contributed by atoms with E-state index in [0.29, 0.717) is 0 Å². The van der Waals surface area contributed by atoms with Gasteiger partial charge in [-0.3, -0.25) is 9.69 Å². The van der Waals surface area contributed by atoms with Crippen molar-refractivity contribution in [1.29, 1.82) is 0 Å². The minimum atomic E-state index is -0.842. The van der Waals surface area contributed by atoms with Crippen LogP contribution in [0.3, 0.4) is 0 Å². The lowest BCUT2D eigenvalue weighted by Gasteiger charge is -2.40. The van der Waals surface area contributed by atoms with E-state index < -0.39 is 23.8 Å². The summed E-state index contributed by atoms with van der Waals surface area (Å²) in [5, 5.41) is 2.81. The van der Waals surface area contributed by atoms with Gasteiger partial charge in [0.05, 0.1) is 6.54 Å². The molecule has 0 aliphatic carbocycles. The molecule has 0 radical (unpaired) electrons. The van der Waals surface area contributed by atoms with Crippen molar-refractivity contribution in [2.24, 2.45) is 0 Å². The zero-order valence-corrected chi connectivity index (χ0v) is 17.8. The standard InChI is InChI=1S/C21H31N3O5/c1-15(2)22-18(25)17-13-23(11-12-24(17)20(27)29-21(3,4)5)19(26)28-14-16-9-7-6-8-10-16/h6-10,15,17H,11-14H2,1-5H3,(H,22,25). The Labute approximate surface area is 172 Å². The first-order valence-corrected chi connectivity index (χ1v) is 9.82. The fourth-order valence-corrected chi connectivity index (χ4v) is 2.90. The molecule has 8 nitrogen and oxygen atoms in total. The highest BCUT2D eigenvalue weighted by Gasteiger charge is 2.39. The maximum Gasteiger partial charge on any atom is 0.411 e. The first kappa shape index (κ1) is 22.5. The zero-order chi connectivity index (χ0) is 21.6. The van der Waals surface area contributed by atoms with E-state index in [0.717, 1.165) is 5.56 Å². The van der Waals surface area contributed by atoms with Crippen LogP contribution in [0, 0.1) is 0 Å². The van der Waals surface area contributed by atoms with Gasteiger partial charge in [0.25, 0.3) is 0 Å². The van der Waals surface area contributed by atoms with Gasteiger partial charge >= 0.3 is 12.2 Å². The Balaban J connectivity index is 2.06.